The molecule has 8 heteroatoms. The Balaban J connectivity index is 1.29. The summed E-state index contributed by atoms with van der Waals surface area (Å²) in [5, 5.41) is 4.83. The highest BCUT2D eigenvalue weighted by Gasteiger charge is 2.34. The van der Waals surface area contributed by atoms with Crippen LogP contribution in [0, 0.1) is 0 Å². The predicted molar refractivity (Wildman–Crippen MR) is 163 cm³/mol. The van der Waals surface area contributed by atoms with E-state index in [0.29, 0.717) is 26.4 Å². The van der Waals surface area contributed by atoms with Crippen molar-refractivity contribution in [3.63, 3.8) is 0 Å². The SMILES string of the molecule is CCc1ccc(NC(=O)COc2ccc(/C=C3/SC(=S)N(c4cccc5ccccc45)C3=O)cc2OC)cc1. The molecule has 2 amide bonds. The highest BCUT2D eigenvalue weighted by atomic mass is 32.2. The van der Waals surface area contributed by atoms with Gasteiger partial charge in [-0.3, -0.25) is 14.5 Å². The third-order valence-corrected chi connectivity index (χ3v) is 7.59. The summed E-state index contributed by atoms with van der Waals surface area (Å²) in [6, 6.07) is 26.7. The molecule has 0 radical (unpaired) electrons. The average Bonchev–Trinajstić information content (AvgIpc) is 3.24. The number of aryl methyl sites for hydroxylation is 1. The number of anilines is 2. The molecule has 1 saturated heterocycles. The number of carbonyl (C=O) groups excluding carboxylic acids is 2. The average molecular weight is 555 g/mol. The molecule has 1 fully saturated rings. The van der Waals surface area contributed by atoms with Crippen molar-refractivity contribution >= 4 is 68.3 Å². The molecule has 1 heterocycles. The predicted octanol–water partition coefficient (Wildman–Crippen LogP) is 6.83. The fraction of sp³-hybridized carbons (Fsp3) is 0.129. The maximum atomic E-state index is 13.4. The lowest BCUT2D eigenvalue weighted by Crippen LogP contribution is -2.27. The first kappa shape index (κ1) is 26.5. The van der Waals surface area contributed by atoms with E-state index < -0.39 is 0 Å². The largest absolute Gasteiger partial charge is 0.493 e. The zero-order valence-electron chi connectivity index (χ0n) is 21.5. The minimum Gasteiger partial charge on any atom is -0.493 e. The maximum Gasteiger partial charge on any atom is 0.270 e. The molecule has 4 aromatic carbocycles. The number of amides is 2. The van der Waals surface area contributed by atoms with Gasteiger partial charge in [0.2, 0.25) is 0 Å². The fourth-order valence-electron chi connectivity index (χ4n) is 4.29. The molecule has 0 aromatic heterocycles. The summed E-state index contributed by atoms with van der Waals surface area (Å²) in [5.41, 5.74) is 3.42. The van der Waals surface area contributed by atoms with Crippen molar-refractivity contribution in [3.05, 3.63) is 101 Å². The number of carbonyl (C=O) groups is 2. The number of nitrogens with one attached hydrogen (secondary N) is 1. The molecule has 0 unspecified atom stereocenters. The standard InChI is InChI=1S/C31H26N2O4S2/c1-3-20-11-14-23(15-12-20)32-29(34)19-37-26-16-13-21(17-27(26)36-2)18-28-30(35)33(31(38)39-28)25-10-6-8-22-7-4-5-9-24(22)25/h4-18H,3,19H2,1-2H3,(H,32,34)/b28-18+. The number of nitrogens with zero attached hydrogens (tertiary/aromatic N) is 1. The van der Waals surface area contributed by atoms with Gasteiger partial charge in [0, 0.05) is 11.1 Å². The van der Waals surface area contributed by atoms with E-state index in [-0.39, 0.29) is 18.4 Å². The summed E-state index contributed by atoms with van der Waals surface area (Å²) in [6.45, 7) is 1.91. The van der Waals surface area contributed by atoms with Crippen molar-refractivity contribution in [1.82, 2.24) is 0 Å². The van der Waals surface area contributed by atoms with E-state index >= 15 is 0 Å². The number of thiocarbonyl (C=S) groups is 1. The van der Waals surface area contributed by atoms with Crippen LogP contribution >= 0.6 is 24.0 Å². The molecular weight excluding hydrogens is 528 g/mol. The summed E-state index contributed by atoms with van der Waals surface area (Å²) in [4.78, 5) is 27.9. The van der Waals surface area contributed by atoms with E-state index in [0.717, 1.165) is 28.4 Å². The molecule has 6 nitrogen and oxygen atoms in total. The lowest BCUT2D eigenvalue weighted by atomic mass is 10.1. The molecule has 5 rings (SSSR count). The summed E-state index contributed by atoms with van der Waals surface area (Å²) >= 11 is 6.85. The monoisotopic (exact) mass is 554 g/mol. The van der Waals surface area contributed by atoms with E-state index in [1.165, 1.54) is 24.4 Å². The minimum absolute atomic E-state index is 0.172. The van der Waals surface area contributed by atoms with Crippen LogP contribution in [-0.4, -0.2) is 29.9 Å². The first-order chi connectivity index (χ1) is 19.0. The van der Waals surface area contributed by atoms with Crippen molar-refractivity contribution in [2.24, 2.45) is 0 Å². The van der Waals surface area contributed by atoms with Crippen LogP contribution in [0.1, 0.15) is 18.1 Å². The highest BCUT2D eigenvalue weighted by Crippen LogP contribution is 2.39. The summed E-state index contributed by atoms with van der Waals surface area (Å²) in [6.07, 6.45) is 2.72. The van der Waals surface area contributed by atoms with E-state index in [1.807, 2.05) is 72.8 Å². The number of methoxy groups -OCH3 is 1. The second-order valence-electron chi connectivity index (χ2n) is 8.81. The molecule has 0 saturated carbocycles. The van der Waals surface area contributed by atoms with Crippen LogP contribution in [0.5, 0.6) is 11.5 Å². The van der Waals surface area contributed by atoms with Crippen molar-refractivity contribution in [2.75, 3.05) is 23.9 Å². The summed E-state index contributed by atoms with van der Waals surface area (Å²) in [7, 11) is 1.53. The lowest BCUT2D eigenvalue weighted by Gasteiger charge is -2.17. The second kappa shape index (κ2) is 11.7. The van der Waals surface area contributed by atoms with E-state index in [2.05, 4.69) is 12.2 Å². The van der Waals surface area contributed by atoms with Gasteiger partial charge in [-0.1, -0.05) is 85.5 Å². The van der Waals surface area contributed by atoms with Gasteiger partial charge in [0.15, 0.2) is 22.4 Å². The zero-order chi connectivity index (χ0) is 27.4. The Morgan fingerprint density at radius 1 is 1.00 bits per heavy atom. The quantitative estimate of drug-likeness (QED) is 0.190. The van der Waals surface area contributed by atoms with Gasteiger partial charge in [-0.25, -0.2) is 0 Å². The van der Waals surface area contributed by atoms with Crippen LogP contribution in [0.3, 0.4) is 0 Å². The number of benzene rings is 4. The fourth-order valence-corrected chi connectivity index (χ4v) is 5.57. The lowest BCUT2D eigenvalue weighted by molar-refractivity contribution is -0.118. The zero-order valence-corrected chi connectivity index (χ0v) is 23.1. The van der Waals surface area contributed by atoms with E-state index in [1.54, 1.807) is 23.1 Å². The van der Waals surface area contributed by atoms with Crippen molar-refractivity contribution in [2.45, 2.75) is 13.3 Å². The third kappa shape index (κ3) is 5.82. The Bertz CT molecular complexity index is 1590. The van der Waals surface area contributed by atoms with Gasteiger partial charge in [0.05, 0.1) is 17.7 Å². The van der Waals surface area contributed by atoms with Crippen LogP contribution in [-0.2, 0) is 16.0 Å². The van der Waals surface area contributed by atoms with Crippen molar-refractivity contribution in [3.8, 4) is 11.5 Å². The van der Waals surface area contributed by atoms with Gasteiger partial charge in [-0.2, -0.15) is 0 Å². The van der Waals surface area contributed by atoms with Gasteiger partial charge in [-0.05, 0) is 59.3 Å². The molecule has 1 aliphatic rings. The Morgan fingerprint density at radius 3 is 2.54 bits per heavy atom. The van der Waals surface area contributed by atoms with Crippen LogP contribution in [0.15, 0.2) is 89.8 Å². The Hall–Kier alpha value is -4.14. The maximum absolute atomic E-state index is 13.4. The molecule has 0 spiro atoms. The molecule has 39 heavy (non-hydrogen) atoms. The first-order valence-corrected chi connectivity index (χ1v) is 13.6. The smallest absolute Gasteiger partial charge is 0.270 e. The Labute approximate surface area is 236 Å². The molecule has 0 bridgehead atoms. The Morgan fingerprint density at radius 2 is 1.77 bits per heavy atom. The van der Waals surface area contributed by atoms with Gasteiger partial charge in [0.25, 0.3) is 11.8 Å². The van der Waals surface area contributed by atoms with Gasteiger partial charge >= 0.3 is 0 Å². The van der Waals surface area contributed by atoms with Crippen LogP contribution in [0.4, 0.5) is 11.4 Å². The van der Waals surface area contributed by atoms with Gasteiger partial charge < -0.3 is 14.8 Å². The van der Waals surface area contributed by atoms with Gasteiger partial charge in [0.1, 0.15) is 0 Å². The van der Waals surface area contributed by atoms with Crippen LogP contribution in [0.25, 0.3) is 16.8 Å². The summed E-state index contributed by atoms with van der Waals surface area (Å²) in [5.74, 6) is 0.426. The number of hydrogen-bond acceptors (Lipinski definition) is 6. The van der Waals surface area contributed by atoms with Gasteiger partial charge in [-0.15, -0.1) is 0 Å². The molecule has 196 valence electrons. The minimum atomic E-state index is -0.275. The second-order valence-corrected chi connectivity index (χ2v) is 10.5. The van der Waals surface area contributed by atoms with Crippen molar-refractivity contribution in [1.29, 1.82) is 0 Å². The van der Waals surface area contributed by atoms with E-state index in [4.69, 9.17) is 21.7 Å². The Kier molecular flexibility index (Phi) is 7.95. The number of rotatable bonds is 8. The van der Waals surface area contributed by atoms with Crippen LogP contribution in [0.2, 0.25) is 0 Å². The molecule has 1 aliphatic heterocycles. The highest BCUT2D eigenvalue weighted by molar-refractivity contribution is 8.27. The normalized spacial score (nSPS) is 14.2. The first-order valence-electron chi connectivity index (χ1n) is 12.4. The molecule has 0 aliphatic carbocycles. The topological polar surface area (TPSA) is 67.9 Å². The third-order valence-electron chi connectivity index (χ3n) is 6.29. The molecular formula is C31H26N2O4S2. The molecule has 1 N–H and O–H groups in total. The molecule has 4 aromatic rings. The number of ether oxygens (including phenoxy) is 2. The number of thioether (sulfide) groups is 1. The number of hydrogen-bond donors (Lipinski definition) is 1. The van der Waals surface area contributed by atoms with E-state index in [9.17, 15) is 9.59 Å². The number of fused-ring (bicyclic) bond motifs is 1. The summed E-state index contributed by atoms with van der Waals surface area (Å²) < 4.78 is 11.7. The molecule has 0 atom stereocenters. The van der Waals surface area contributed by atoms with Crippen molar-refractivity contribution < 1.29 is 19.1 Å². The van der Waals surface area contributed by atoms with Crippen LogP contribution < -0.4 is 19.7 Å².